The summed E-state index contributed by atoms with van der Waals surface area (Å²) in [4.78, 5) is 40.1. The van der Waals surface area contributed by atoms with E-state index in [9.17, 15) is 34.8 Å². The second-order valence-corrected chi connectivity index (χ2v) is 10.6. The number of allylic oxidation sites excluding steroid dienone is 2. The van der Waals surface area contributed by atoms with E-state index in [-0.39, 0.29) is 48.1 Å². The van der Waals surface area contributed by atoms with E-state index < -0.39 is 63.6 Å². The lowest BCUT2D eigenvalue weighted by Crippen LogP contribution is -2.57. The number of nitrogens with zero attached hydrogens (tertiary/aromatic N) is 1. The summed E-state index contributed by atoms with van der Waals surface area (Å²) in [6.07, 6.45) is -0.454. The number of carbonyl (C=O) groups is 3. The molecule has 4 rings (SSSR count). The van der Waals surface area contributed by atoms with Gasteiger partial charge in [-0.1, -0.05) is 6.92 Å². The number of halogens is 1. The first kappa shape index (κ1) is 26.8. The van der Waals surface area contributed by atoms with Gasteiger partial charge >= 0.3 is 0 Å². The van der Waals surface area contributed by atoms with Crippen LogP contribution in [0.3, 0.4) is 0 Å². The van der Waals surface area contributed by atoms with E-state index in [2.05, 4.69) is 5.32 Å². The number of aliphatic hydroxyl groups excluding tert-OH is 2. The summed E-state index contributed by atoms with van der Waals surface area (Å²) in [6, 6.07) is 1.16. The van der Waals surface area contributed by atoms with Crippen LogP contribution in [0.25, 0.3) is 0 Å². The van der Waals surface area contributed by atoms with Gasteiger partial charge in [-0.05, 0) is 51.4 Å². The molecule has 0 aromatic heterocycles. The Morgan fingerprint density at radius 2 is 1.95 bits per heavy atom. The molecular formula is C26H32FN3O7. The molecule has 0 heterocycles. The Morgan fingerprint density at radius 1 is 1.27 bits per heavy atom. The monoisotopic (exact) mass is 517 g/mol. The SMILES string of the molecule is C[C@H](CNCc1cc(O)c2c(c1F)CC1C[C@H]3CC(O)=C(C(N)=O)C(=O)[C@@]3(O)C(O)=C1C2=O)CN(C)C. The second-order valence-electron chi connectivity index (χ2n) is 10.6. The summed E-state index contributed by atoms with van der Waals surface area (Å²) in [5.74, 6) is -7.70. The molecule has 200 valence electrons. The van der Waals surface area contributed by atoms with E-state index in [4.69, 9.17) is 5.73 Å². The van der Waals surface area contributed by atoms with Crippen molar-refractivity contribution in [2.24, 2.45) is 23.5 Å². The molecule has 0 spiro atoms. The zero-order chi connectivity index (χ0) is 27.4. The highest BCUT2D eigenvalue weighted by molar-refractivity contribution is 6.24. The van der Waals surface area contributed by atoms with E-state index in [1.807, 2.05) is 25.9 Å². The fourth-order valence-electron chi connectivity index (χ4n) is 5.99. The predicted molar refractivity (Wildman–Crippen MR) is 130 cm³/mol. The number of phenols is 1. The predicted octanol–water partition coefficient (Wildman–Crippen LogP) is 1.01. The number of hydrogen-bond donors (Lipinski definition) is 6. The van der Waals surface area contributed by atoms with Crippen molar-refractivity contribution in [3.05, 3.63) is 51.2 Å². The lowest BCUT2D eigenvalue weighted by molar-refractivity contribution is -0.144. The fourth-order valence-corrected chi connectivity index (χ4v) is 5.99. The number of carbonyl (C=O) groups excluding carboxylic acids is 3. The standard InChI is InChI=1S/C26H32FN3O7/c1-11(10-30(2)3)8-29-9-13-6-16(31)19-15(21(13)27)5-12-4-14-7-17(32)20(25(28)36)24(35)26(14,37)23(34)18(12)22(19)33/h6,11-12,14,29,31-32,34,37H,4-5,7-10H2,1-3H3,(H2,28,36)/t11-,12?,14+,26+/m1/s1. The van der Waals surface area contributed by atoms with E-state index >= 15 is 4.39 Å². The molecule has 10 nitrogen and oxygen atoms in total. The van der Waals surface area contributed by atoms with Crippen LogP contribution in [0, 0.1) is 23.6 Å². The molecule has 7 N–H and O–H groups in total. The fraction of sp³-hybridized carbons (Fsp3) is 0.500. The lowest BCUT2D eigenvalue weighted by atomic mass is 9.60. The van der Waals surface area contributed by atoms with Gasteiger partial charge in [0.05, 0.1) is 5.56 Å². The van der Waals surface area contributed by atoms with Crippen molar-refractivity contribution in [2.45, 2.75) is 38.3 Å². The maximum absolute atomic E-state index is 15.6. The van der Waals surface area contributed by atoms with Crippen LogP contribution in [-0.4, -0.2) is 75.6 Å². The normalized spacial score (nSPS) is 26.2. The highest BCUT2D eigenvalue weighted by Gasteiger charge is 2.59. The molecule has 0 fully saturated rings. The number of phenolic OH excluding ortho intramolecular Hbond substituents is 1. The van der Waals surface area contributed by atoms with Crippen molar-refractivity contribution in [1.82, 2.24) is 10.2 Å². The molecule has 3 aliphatic rings. The van der Waals surface area contributed by atoms with Gasteiger partial charge in [0.2, 0.25) is 5.78 Å². The summed E-state index contributed by atoms with van der Waals surface area (Å²) >= 11 is 0. The maximum atomic E-state index is 15.6. The van der Waals surface area contributed by atoms with Crippen LogP contribution in [0.1, 0.15) is 41.3 Å². The molecule has 0 saturated carbocycles. The highest BCUT2D eigenvalue weighted by atomic mass is 19.1. The van der Waals surface area contributed by atoms with Crippen molar-refractivity contribution in [3.8, 4) is 5.75 Å². The van der Waals surface area contributed by atoms with Crippen molar-refractivity contribution in [3.63, 3.8) is 0 Å². The van der Waals surface area contributed by atoms with Crippen LogP contribution in [0.2, 0.25) is 0 Å². The smallest absolute Gasteiger partial charge is 0.255 e. The van der Waals surface area contributed by atoms with Crippen LogP contribution in [0.5, 0.6) is 5.75 Å². The first-order chi connectivity index (χ1) is 17.3. The third-order valence-electron chi connectivity index (χ3n) is 7.56. The number of hydrogen-bond acceptors (Lipinski definition) is 9. The molecule has 1 aromatic rings. The van der Waals surface area contributed by atoms with Crippen LogP contribution in [0.4, 0.5) is 4.39 Å². The molecule has 3 aliphatic carbocycles. The van der Waals surface area contributed by atoms with E-state index in [0.717, 1.165) is 12.6 Å². The molecule has 11 heteroatoms. The van der Waals surface area contributed by atoms with Gasteiger partial charge in [-0.15, -0.1) is 0 Å². The van der Waals surface area contributed by atoms with Crippen molar-refractivity contribution >= 4 is 17.5 Å². The summed E-state index contributed by atoms with van der Waals surface area (Å²) in [7, 11) is 3.91. The summed E-state index contributed by atoms with van der Waals surface area (Å²) < 4.78 is 15.6. The summed E-state index contributed by atoms with van der Waals surface area (Å²) in [6.45, 7) is 3.62. The topological polar surface area (TPSA) is 173 Å². The largest absolute Gasteiger partial charge is 0.511 e. The quantitative estimate of drug-likeness (QED) is 0.289. The van der Waals surface area contributed by atoms with Crippen LogP contribution >= 0.6 is 0 Å². The molecule has 1 aromatic carbocycles. The number of aromatic hydroxyl groups is 1. The minimum absolute atomic E-state index is 0.00476. The van der Waals surface area contributed by atoms with E-state index in [1.54, 1.807) is 0 Å². The van der Waals surface area contributed by atoms with Gasteiger partial charge < -0.3 is 36.4 Å². The third-order valence-corrected chi connectivity index (χ3v) is 7.56. The number of Topliss-reactive ketones (excluding diaryl/α,β-unsaturated/α-hetero) is 2. The van der Waals surface area contributed by atoms with Gasteiger partial charge in [-0.3, -0.25) is 14.4 Å². The average molecular weight is 518 g/mol. The van der Waals surface area contributed by atoms with E-state index in [1.165, 1.54) is 0 Å². The minimum Gasteiger partial charge on any atom is -0.511 e. The van der Waals surface area contributed by atoms with Crippen molar-refractivity contribution in [2.75, 3.05) is 27.2 Å². The average Bonchev–Trinajstić information content (AvgIpc) is 2.78. The Morgan fingerprint density at radius 3 is 2.57 bits per heavy atom. The number of nitrogens with one attached hydrogen (secondary N) is 1. The van der Waals surface area contributed by atoms with E-state index in [0.29, 0.717) is 12.5 Å². The number of amides is 1. The second kappa shape index (κ2) is 9.55. The molecule has 1 amide bonds. The Balaban J connectivity index is 1.69. The zero-order valence-electron chi connectivity index (χ0n) is 21.0. The Hall–Kier alpha value is -3.28. The molecule has 0 saturated heterocycles. The minimum atomic E-state index is -2.64. The Labute approximate surface area is 213 Å². The van der Waals surface area contributed by atoms with Crippen LogP contribution in [0.15, 0.2) is 28.7 Å². The Kier molecular flexibility index (Phi) is 6.91. The lowest BCUT2D eigenvalue weighted by Gasteiger charge is -2.45. The summed E-state index contributed by atoms with van der Waals surface area (Å²) in [5, 5.41) is 46.3. The first-order valence-electron chi connectivity index (χ1n) is 12.1. The number of rotatable bonds is 7. The molecule has 1 unspecified atom stereocenters. The number of primary amides is 1. The van der Waals surface area contributed by atoms with Gasteiger partial charge in [0, 0.05) is 42.1 Å². The summed E-state index contributed by atoms with van der Waals surface area (Å²) in [5.41, 5.74) is 1.24. The number of fused-ring (bicyclic) bond motifs is 3. The van der Waals surface area contributed by atoms with Gasteiger partial charge in [-0.2, -0.15) is 0 Å². The van der Waals surface area contributed by atoms with Crippen molar-refractivity contribution < 1.29 is 39.2 Å². The van der Waals surface area contributed by atoms with Gasteiger partial charge in [0.1, 0.15) is 28.7 Å². The number of nitrogens with two attached hydrogens (primary N) is 1. The van der Waals surface area contributed by atoms with Gasteiger partial charge in [-0.25, -0.2) is 4.39 Å². The zero-order valence-corrected chi connectivity index (χ0v) is 21.0. The molecule has 0 bridgehead atoms. The van der Waals surface area contributed by atoms with Crippen molar-refractivity contribution in [1.29, 1.82) is 0 Å². The Bertz CT molecular complexity index is 1260. The van der Waals surface area contributed by atoms with Gasteiger partial charge in [0.15, 0.2) is 11.4 Å². The molecular weight excluding hydrogens is 485 g/mol. The molecule has 0 radical (unpaired) electrons. The van der Waals surface area contributed by atoms with Crippen LogP contribution < -0.4 is 11.1 Å². The number of ketones is 2. The number of benzene rings is 1. The first-order valence-corrected chi connectivity index (χ1v) is 12.1. The highest BCUT2D eigenvalue weighted by Crippen LogP contribution is 2.51. The van der Waals surface area contributed by atoms with Gasteiger partial charge in [0.25, 0.3) is 5.91 Å². The number of aliphatic hydroxyl groups is 3. The maximum Gasteiger partial charge on any atom is 0.255 e. The molecule has 0 aliphatic heterocycles. The van der Waals surface area contributed by atoms with Crippen LogP contribution in [-0.2, 0) is 22.6 Å². The molecule has 4 atom stereocenters. The third kappa shape index (κ3) is 4.30. The molecule has 37 heavy (non-hydrogen) atoms.